The van der Waals surface area contributed by atoms with Crippen LogP contribution in [0.1, 0.15) is 17.3 Å². The Morgan fingerprint density at radius 2 is 2.20 bits per heavy atom. The molecule has 0 spiro atoms. The Hall–Kier alpha value is -1.89. The van der Waals surface area contributed by atoms with Gasteiger partial charge in [0.05, 0.1) is 18.0 Å². The summed E-state index contributed by atoms with van der Waals surface area (Å²) in [7, 11) is 1.45. The van der Waals surface area contributed by atoms with Gasteiger partial charge in [0.1, 0.15) is 11.8 Å². The minimum absolute atomic E-state index is 0.189. The van der Waals surface area contributed by atoms with Crippen LogP contribution in [0.4, 0.5) is 5.69 Å². The van der Waals surface area contributed by atoms with Gasteiger partial charge in [0.15, 0.2) is 0 Å². The number of amides is 1. The molecular formula is C13H16N2O4S. The number of benzene rings is 1. The molecule has 0 aliphatic carbocycles. The summed E-state index contributed by atoms with van der Waals surface area (Å²) in [6, 6.07) is 3.89. The van der Waals surface area contributed by atoms with Gasteiger partial charge in [0.2, 0.25) is 0 Å². The first-order chi connectivity index (χ1) is 9.45. The molecule has 1 heterocycles. The van der Waals surface area contributed by atoms with Gasteiger partial charge in [-0.1, -0.05) is 0 Å². The van der Waals surface area contributed by atoms with E-state index < -0.39 is 12.0 Å². The molecule has 0 saturated carbocycles. The molecule has 6 nitrogen and oxygen atoms in total. The number of carboxylic acid groups (broad SMARTS) is 1. The molecule has 108 valence electrons. The maximum absolute atomic E-state index is 12.6. The van der Waals surface area contributed by atoms with E-state index in [2.05, 4.69) is 0 Å². The largest absolute Gasteiger partial charge is 0.496 e. The highest BCUT2D eigenvalue weighted by Crippen LogP contribution is 2.32. The quantitative estimate of drug-likeness (QED) is 0.816. The Labute approximate surface area is 120 Å². The molecule has 1 aliphatic heterocycles. The van der Waals surface area contributed by atoms with Crippen LogP contribution >= 0.6 is 11.8 Å². The number of hydrogen-bond acceptors (Lipinski definition) is 5. The summed E-state index contributed by atoms with van der Waals surface area (Å²) in [6.45, 7) is 1.81. The van der Waals surface area contributed by atoms with Crippen LogP contribution in [0, 0.1) is 0 Å². The van der Waals surface area contributed by atoms with E-state index in [4.69, 9.17) is 10.5 Å². The van der Waals surface area contributed by atoms with E-state index in [0.717, 1.165) is 0 Å². The van der Waals surface area contributed by atoms with Gasteiger partial charge in [0, 0.05) is 17.5 Å². The van der Waals surface area contributed by atoms with Crippen molar-refractivity contribution >= 4 is 29.3 Å². The molecule has 1 saturated heterocycles. The number of nitrogens with two attached hydrogens (primary N) is 1. The number of thioether (sulfide) groups is 1. The molecule has 0 radical (unpaired) electrons. The van der Waals surface area contributed by atoms with Gasteiger partial charge in [-0.15, -0.1) is 11.8 Å². The average Bonchev–Trinajstić information content (AvgIpc) is 2.79. The van der Waals surface area contributed by atoms with Crippen LogP contribution in [-0.4, -0.2) is 46.2 Å². The number of carbonyl (C=O) groups is 2. The topological polar surface area (TPSA) is 92.9 Å². The zero-order valence-electron chi connectivity index (χ0n) is 11.2. The molecule has 1 aromatic carbocycles. The van der Waals surface area contributed by atoms with Gasteiger partial charge >= 0.3 is 5.97 Å². The molecular weight excluding hydrogens is 280 g/mol. The number of nitrogen functional groups attached to an aromatic ring is 1. The Balaban J connectivity index is 2.37. The number of nitrogens with zero attached hydrogens (tertiary/aromatic N) is 1. The van der Waals surface area contributed by atoms with Crippen LogP contribution in [0.5, 0.6) is 5.75 Å². The third-order valence-electron chi connectivity index (χ3n) is 3.20. The Kier molecular flexibility index (Phi) is 4.08. The van der Waals surface area contributed by atoms with E-state index in [1.54, 1.807) is 18.2 Å². The van der Waals surface area contributed by atoms with Crippen LogP contribution in [0.15, 0.2) is 18.2 Å². The highest BCUT2D eigenvalue weighted by molar-refractivity contribution is 8.00. The molecule has 1 fully saturated rings. The Bertz CT molecular complexity index is 549. The normalized spacial score (nSPS) is 21.8. The van der Waals surface area contributed by atoms with Crippen molar-refractivity contribution in [3.63, 3.8) is 0 Å². The van der Waals surface area contributed by atoms with Crippen LogP contribution in [0.2, 0.25) is 0 Å². The Morgan fingerprint density at radius 1 is 1.50 bits per heavy atom. The number of carboxylic acids is 1. The van der Waals surface area contributed by atoms with Crippen molar-refractivity contribution in [1.82, 2.24) is 4.90 Å². The van der Waals surface area contributed by atoms with Gasteiger partial charge in [-0.25, -0.2) is 4.79 Å². The minimum atomic E-state index is -0.996. The summed E-state index contributed by atoms with van der Waals surface area (Å²) in [6.07, 6.45) is 0. The Morgan fingerprint density at radius 3 is 2.80 bits per heavy atom. The molecule has 7 heteroatoms. The molecule has 1 aromatic rings. The fraction of sp³-hybridized carbons (Fsp3) is 0.385. The van der Waals surface area contributed by atoms with Crippen molar-refractivity contribution in [2.45, 2.75) is 18.3 Å². The maximum Gasteiger partial charge on any atom is 0.327 e. The average molecular weight is 296 g/mol. The summed E-state index contributed by atoms with van der Waals surface area (Å²) in [5, 5.41) is 9.02. The zero-order valence-corrected chi connectivity index (χ0v) is 12.0. The van der Waals surface area contributed by atoms with E-state index in [9.17, 15) is 14.7 Å². The standard InChI is InChI=1S/C13H16N2O4S/c1-7-15(10(6-20-7)13(17)18)12(16)9-4-3-8(14)5-11(9)19-2/h3-5,7,10H,6,14H2,1-2H3,(H,17,18). The fourth-order valence-electron chi connectivity index (χ4n) is 2.16. The molecule has 1 amide bonds. The van der Waals surface area contributed by atoms with E-state index in [0.29, 0.717) is 22.8 Å². The van der Waals surface area contributed by atoms with Crippen LogP contribution < -0.4 is 10.5 Å². The van der Waals surface area contributed by atoms with Crippen molar-refractivity contribution in [3.05, 3.63) is 23.8 Å². The molecule has 3 N–H and O–H groups in total. The van der Waals surface area contributed by atoms with Gasteiger partial charge in [0.25, 0.3) is 5.91 Å². The van der Waals surface area contributed by atoms with E-state index >= 15 is 0 Å². The van der Waals surface area contributed by atoms with Crippen molar-refractivity contribution < 1.29 is 19.4 Å². The third kappa shape index (κ3) is 2.53. The summed E-state index contributed by atoms with van der Waals surface area (Å²) < 4.78 is 5.16. The molecule has 2 atom stereocenters. The number of aliphatic carboxylic acids is 1. The summed E-state index contributed by atoms with van der Waals surface area (Å²) >= 11 is 1.44. The van der Waals surface area contributed by atoms with Crippen molar-refractivity contribution in [3.8, 4) is 5.75 Å². The van der Waals surface area contributed by atoms with Gasteiger partial charge in [-0.2, -0.15) is 0 Å². The number of hydrogen-bond donors (Lipinski definition) is 2. The van der Waals surface area contributed by atoms with Gasteiger partial charge < -0.3 is 20.5 Å². The van der Waals surface area contributed by atoms with Crippen LogP contribution in [-0.2, 0) is 4.79 Å². The predicted octanol–water partition coefficient (Wildman–Crippen LogP) is 1.27. The second-order valence-corrected chi connectivity index (χ2v) is 5.81. The highest BCUT2D eigenvalue weighted by atomic mass is 32.2. The number of methoxy groups -OCH3 is 1. The number of anilines is 1. The monoisotopic (exact) mass is 296 g/mol. The first kappa shape index (κ1) is 14.5. The SMILES string of the molecule is COc1cc(N)ccc1C(=O)N1C(C)SCC1C(=O)O. The molecule has 20 heavy (non-hydrogen) atoms. The lowest BCUT2D eigenvalue weighted by atomic mass is 10.1. The zero-order chi connectivity index (χ0) is 14.9. The molecule has 0 aromatic heterocycles. The summed E-state index contributed by atoms with van der Waals surface area (Å²) in [5.74, 6) is -0.612. The lowest BCUT2D eigenvalue weighted by Gasteiger charge is -2.25. The molecule has 1 aliphatic rings. The smallest absolute Gasteiger partial charge is 0.327 e. The second kappa shape index (κ2) is 5.62. The summed E-state index contributed by atoms with van der Waals surface area (Å²) in [5.41, 5.74) is 6.46. The van der Waals surface area contributed by atoms with Gasteiger partial charge in [-0.3, -0.25) is 4.79 Å². The van der Waals surface area contributed by atoms with Crippen LogP contribution in [0.25, 0.3) is 0 Å². The highest BCUT2D eigenvalue weighted by Gasteiger charge is 2.40. The number of carbonyl (C=O) groups excluding carboxylic acids is 1. The second-order valence-electron chi connectivity index (χ2n) is 4.46. The van der Waals surface area contributed by atoms with E-state index in [1.807, 2.05) is 6.92 Å². The van der Waals surface area contributed by atoms with E-state index in [1.165, 1.54) is 23.8 Å². The maximum atomic E-state index is 12.6. The number of rotatable bonds is 3. The third-order valence-corrected chi connectivity index (χ3v) is 4.42. The number of ether oxygens (including phenoxy) is 1. The summed E-state index contributed by atoms with van der Waals surface area (Å²) in [4.78, 5) is 25.2. The molecule has 2 rings (SSSR count). The molecule has 0 bridgehead atoms. The first-order valence-corrected chi connectivity index (χ1v) is 7.11. The molecule has 2 unspecified atom stereocenters. The fourth-order valence-corrected chi connectivity index (χ4v) is 3.33. The van der Waals surface area contributed by atoms with E-state index in [-0.39, 0.29) is 11.3 Å². The minimum Gasteiger partial charge on any atom is -0.496 e. The first-order valence-electron chi connectivity index (χ1n) is 6.06. The predicted molar refractivity (Wildman–Crippen MR) is 76.9 cm³/mol. The lowest BCUT2D eigenvalue weighted by molar-refractivity contribution is -0.141. The lowest BCUT2D eigenvalue weighted by Crippen LogP contribution is -2.44. The van der Waals surface area contributed by atoms with Crippen molar-refractivity contribution in [1.29, 1.82) is 0 Å². The van der Waals surface area contributed by atoms with Crippen LogP contribution in [0.3, 0.4) is 0 Å². The van der Waals surface area contributed by atoms with Crippen molar-refractivity contribution in [2.24, 2.45) is 0 Å². The van der Waals surface area contributed by atoms with Crippen molar-refractivity contribution in [2.75, 3.05) is 18.6 Å². The van der Waals surface area contributed by atoms with Gasteiger partial charge in [-0.05, 0) is 19.1 Å².